The van der Waals surface area contributed by atoms with Gasteiger partial charge in [-0.25, -0.2) is 0 Å². The molecule has 0 saturated carbocycles. The van der Waals surface area contributed by atoms with E-state index in [9.17, 15) is 18.3 Å². The smallest absolute Gasteiger partial charge is 0.389 e. The molecule has 0 bridgehead atoms. The largest absolute Gasteiger partial charge is 0.412 e. The number of nitrogens with zero attached hydrogens (tertiary/aromatic N) is 1. The number of hydrogen-bond donors (Lipinski definition) is 1. The first-order chi connectivity index (χ1) is 8.89. The number of halogens is 3. The minimum Gasteiger partial charge on any atom is -0.389 e. The maximum atomic E-state index is 12.6. The second-order valence-corrected chi connectivity index (χ2v) is 4.66. The molecule has 0 radical (unpaired) electrons. The molecule has 1 N–H and O–H groups in total. The monoisotopic (exact) mass is 271 g/mol. The molecule has 0 saturated heterocycles. The predicted molar refractivity (Wildman–Crippen MR) is 68.0 cm³/mol. The summed E-state index contributed by atoms with van der Waals surface area (Å²) >= 11 is 0. The summed E-state index contributed by atoms with van der Waals surface area (Å²) in [6.45, 7) is 2.19. The van der Waals surface area contributed by atoms with Gasteiger partial charge < -0.3 is 10.0 Å². The van der Waals surface area contributed by atoms with Crippen molar-refractivity contribution in [3.05, 3.63) is 41.5 Å². The Morgan fingerprint density at radius 1 is 1.26 bits per heavy atom. The van der Waals surface area contributed by atoms with E-state index < -0.39 is 17.9 Å². The van der Waals surface area contributed by atoms with E-state index in [0.29, 0.717) is 6.54 Å². The highest BCUT2D eigenvalue weighted by molar-refractivity contribution is 5.55. The van der Waals surface area contributed by atoms with Gasteiger partial charge in [0, 0.05) is 29.9 Å². The summed E-state index contributed by atoms with van der Waals surface area (Å²) in [5, 5.41) is 9.69. The lowest BCUT2D eigenvalue weighted by Gasteiger charge is -2.31. The maximum absolute atomic E-state index is 12.6. The number of benzene rings is 1. The molecule has 0 amide bonds. The number of rotatable bonds is 2. The Morgan fingerprint density at radius 3 is 2.47 bits per heavy atom. The number of anilines is 1. The van der Waals surface area contributed by atoms with E-state index >= 15 is 0 Å². The van der Waals surface area contributed by atoms with Gasteiger partial charge in [-0.05, 0) is 19.4 Å². The fourth-order valence-electron chi connectivity index (χ4n) is 2.27. The molecule has 0 fully saturated rings. The fourth-order valence-corrected chi connectivity index (χ4v) is 2.27. The van der Waals surface area contributed by atoms with Crippen LogP contribution in [0, 0.1) is 0 Å². The van der Waals surface area contributed by atoms with Gasteiger partial charge in [0.2, 0.25) is 0 Å². The number of aliphatic hydroxyl groups is 1. The van der Waals surface area contributed by atoms with Crippen molar-refractivity contribution >= 4 is 5.69 Å². The summed E-state index contributed by atoms with van der Waals surface area (Å²) in [5.41, 5.74) is 1.08. The minimum absolute atomic E-state index is 0.0162. The van der Waals surface area contributed by atoms with Gasteiger partial charge in [-0.2, -0.15) is 13.2 Å². The van der Waals surface area contributed by atoms with Gasteiger partial charge in [0.15, 0.2) is 0 Å². The lowest BCUT2D eigenvalue weighted by Crippen LogP contribution is -2.32. The molecule has 2 nitrogen and oxygen atoms in total. The van der Waals surface area contributed by atoms with E-state index in [2.05, 4.69) is 0 Å². The van der Waals surface area contributed by atoms with Crippen LogP contribution in [0.25, 0.3) is 0 Å². The van der Waals surface area contributed by atoms with Crippen LogP contribution in [-0.2, 0) is 0 Å². The van der Waals surface area contributed by atoms with E-state index in [1.165, 1.54) is 6.08 Å². The summed E-state index contributed by atoms with van der Waals surface area (Å²) in [4.78, 5) is 1.86. The zero-order valence-corrected chi connectivity index (χ0v) is 10.6. The van der Waals surface area contributed by atoms with Crippen molar-refractivity contribution in [1.29, 1.82) is 0 Å². The maximum Gasteiger partial charge on any atom is 0.412 e. The van der Waals surface area contributed by atoms with Crippen LogP contribution in [0.1, 0.15) is 25.0 Å². The molecule has 1 aromatic carbocycles. The third-order valence-corrected chi connectivity index (χ3v) is 3.30. The first-order valence-corrected chi connectivity index (χ1v) is 6.18. The molecule has 1 aliphatic rings. The topological polar surface area (TPSA) is 23.5 Å². The molecule has 5 heteroatoms. The van der Waals surface area contributed by atoms with E-state index in [0.717, 1.165) is 11.3 Å². The standard InChI is InChI=1S/C14H16F3NO/c1-10(19)12-4-2-3-5-13(12)18-8-6-11(7-9-18)14(15,16)17/h2-6,10,19H,7-9H2,1H3/t10-/m1/s1. The van der Waals surface area contributed by atoms with E-state index in [4.69, 9.17) is 0 Å². The van der Waals surface area contributed by atoms with Gasteiger partial charge >= 0.3 is 6.18 Å². The molecule has 19 heavy (non-hydrogen) atoms. The number of alkyl halides is 3. The van der Waals surface area contributed by atoms with Crippen molar-refractivity contribution in [3.63, 3.8) is 0 Å². The zero-order chi connectivity index (χ0) is 14.0. The molecular formula is C14H16F3NO. The molecule has 2 rings (SSSR count). The van der Waals surface area contributed by atoms with Crippen LogP contribution in [-0.4, -0.2) is 24.4 Å². The summed E-state index contributed by atoms with van der Waals surface area (Å²) in [5.74, 6) is 0. The van der Waals surface area contributed by atoms with E-state index in [1.54, 1.807) is 13.0 Å². The Labute approximate surface area is 110 Å². The van der Waals surface area contributed by atoms with E-state index in [1.807, 2.05) is 23.1 Å². The summed E-state index contributed by atoms with van der Waals surface area (Å²) < 4.78 is 37.7. The number of para-hydroxylation sites is 1. The highest BCUT2D eigenvalue weighted by Crippen LogP contribution is 2.33. The first-order valence-electron chi connectivity index (χ1n) is 6.18. The van der Waals surface area contributed by atoms with Crippen molar-refractivity contribution in [2.45, 2.75) is 25.6 Å². The molecule has 0 aliphatic carbocycles. The van der Waals surface area contributed by atoms with Crippen LogP contribution < -0.4 is 4.90 Å². The van der Waals surface area contributed by atoms with Gasteiger partial charge in [0.1, 0.15) is 0 Å². The molecule has 0 unspecified atom stereocenters. The molecule has 1 aliphatic heterocycles. The van der Waals surface area contributed by atoms with Crippen LogP contribution in [0.4, 0.5) is 18.9 Å². The lowest BCUT2D eigenvalue weighted by molar-refractivity contribution is -0.0944. The van der Waals surface area contributed by atoms with Crippen LogP contribution in [0.2, 0.25) is 0 Å². The van der Waals surface area contributed by atoms with Crippen LogP contribution >= 0.6 is 0 Å². The average molecular weight is 271 g/mol. The van der Waals surface area contributed by atoms with Crippen LogP contribution in [0.15, 0.2) is 35.9 Å². The lowest BCUT2D eigenvalue weighted by atomic mass is 10.0. The molecular weight excluding hydrogens is 255 g/mol. The first kappa shape index (κ1) is 13.9. The van der Waals surface area contributed by atoms with Crippen molar-refractivity contribution in [1.82, 2.24) is 0 Å². The van der Waals surface area contributed by atoms with Crippen molar-refractivity contribution < 1.29 is 18.3 Å². The van der Waals surface area contributed by atoms with Gasteiger partial charge in [-0.15, -0.1) is 0 Å². The molecule has 0 spiro atoms. The number of hydrogen-bond acceptors (Lipinski definition) is 2. The van der Waals surface area contributed by atoms with Gasteiger partial charge in [0.25, 0.3) is 0 Å². The third-order valence-electron chi connectivity index (χ3n) is 3.30. The Morgan fingerprint density at radius 2 is 1.95 bits per heavy atom. The average Bonchev–Trinajstić information content (AvgIpc) is 2.38. The molecule has 0 aromatic heterocycles. The van der Waals surface area contributed by atoms with Crippen LogP contribution in [0.3, 0.4) is 0 Å². The Balaban J connectivity index is 2.21. The second kappa shape index (κ2) is 5.25. The molecule has 1 aromatic rings. The normalized spacial score (nSPS) is 18.2. The molecule has 1 atom stereocenters. The summed E-state index contributed by atoms with van der Waals surface area (Å²) in [6, 6.07) is 7.26. The quantitative estimate of drug-likeness (QED) is 0.833. The Kier molecular flexibility index (Phi) is 3.85. The van der Waals surface area contributed by atoms with Crippen LogP contribution in [0.5, 0.6) is 0 Å². The summed E-state index contributed by atoms with van der Waals surface area (Å²) in [6.07, 6.45) is -3.65. The third kappa shape index (κ3) is 3.10. The zero-order valence-electron chi connectivity index (χ0n) is 10.6. The van der Waals surface area contributed by atoms with Crippen molar-refractivity contribution in [3.8, 4) is 0 Å². The highest BCUT2D eigenvalue weighted by atomic mass is 19.4. The number of aliphatic hydroxyl groups excluding tert-OH is 1. The summed E-state index contributed by atoms with van der Waals surface area (Å²) in [7, 11) is 0. The van der Waals surface area contributed by atoms with Gasteiger partial charge in [0.05, 0.1) is 6.10 Å². The fraction of sp³-hybridized carbons (Fsp3) is 0.429. The predicted octanol–water partition coefficient (Wildman–Crippen LogP) is 3.44. The van der Waals surface area contributed by atoms with Gasteiger partial charge in [-0.1, -0.05) is 24.3 Å². The molecule has 1 heterocycles. The Bertz CT molecular complexity index is 480. The SMILES string of the molecule is C[C@@H](O)c1ccccc1N1CC=C(C(F)(F)F)CC1. The van der Waals surface area contributed by atoms with Crippen molar-refractivity contribution in [2.24, 2.45) is 0 Å². The second-order valence-electron chi connectivity index (χ2n) is 4.66. The van der Waals surface area contributed by atoms with E-state index in [-0.39, 0.29) is 13.0 Å². The molecule has 104 valence electrons. The minimum atomic E-state index is -4.23. The highest BCUT2D eigenvalue weighted by Gasteiger charge is 2.35. The Hall–Kier alpha value is -1.49. The van der Waals surface area contributed by atoms with Crippen molar-refractivity contribution in [2.75, 3.05) is 18.0 Å². The van der Waals surface area contributed by atoms with Gasteiger partial charge in [-0.3, -0.25) is 0 Å².